The number of halogens is 2. The fraction of sp³-hybridized carbons (Fsp3) is 0.0714. The van der Waals surface area contributed by atoms with Gasteiger partial charge in [0.1, 0.15) is 5.69 Å². The third kappa shape index (κ3) is 2.90. The highest BCUT2D eigenvalue weighted by Gasteiger charge is 2.11. The Labute approximate surface area is 134 Å². The Morgan fingerprint density at radius 3 is 2.60 bits per heavy atom. The predicted molar refractivity (Wildman–Crippen MR) is 88.2 cm³/mol. The second-order valence-corrected chi connectivity index (χ2v) is 6.99. The van der Waals surface area contributed by atoms with Crippen LogP contribution in [0.3, 0.4) is 0 Å². The molecule has 1 aromatic carbocycles. The molecule has 2 heterocycles. The van der Waals surface area contributed by atoms with Crippen LogP contribution in [-0.2, 0) is 6.54 Å². The highest BCUT2D eigenvalue weighted by Crippen LogP contribution is 2.33. The van der Waals surface area contributed by atoms with Crippen LogP contribution < -0.4 is 5.73 Å². The summed E-state index contributed by atoms with van der Waals surface area (Å²) >= 11 is 10.9. The van der Waals surface area contributed by atoms with E-state index in [-0.39, 0.29) is 0 Å². The first kappa shape index (κ1) is 13.7. The molecule has 102 valence electrons. The highest BCUT2D eigenvalue weighted by atomic mass is 79.9. The van der Waals surface area contributed by atoms with Gasteiger partial charge in [0.05, 0.1) is 21.4 Å². The Morgan fingerprint density at radius 2 is 1.95 bits per heavy atom. The summed E-state index contributed by atoms with van der Waals surface area (Å²) in [7, 11) is 0. The lowest BCUT2D eigenvalue weighted by molar-refractivity contribution is 0.690. The van der Waals surface area contributed by atoms with Crippen LogP contribution in [0.1, 0.15) is 5.56 Å². The molecule has 0 radical (unpaired) electrons. The van der Waals surface area contributed by atoms with E-state index >= 15 is 0 Å². The maximum atomic E-state index is 6.03. The van der Waals surface area contributed by atoms with E-state index in [0.717, 1.165) is 19.4 Å². The van der Waals surface area contributed by atoms with Gasteiger partial charge in [0.15, 0.2) is 0 Å². The van der Waals surface area contributed by atoms with Crippen LogP contribution in [-0.4, -0.2) is 9.78 Å². The zero-order valence-corrected chi connectivity index (χ0v) is 13.5. The van der Waals surface area contributed by atoms with E-state index in [2.05, 4.69) is 33.2 Å². The topological polar surface area (TPSA) is 43.8 Å². The molecular weight excluding hydrogens is 358 g/mol. The summed E-state index contributed by atoms with van der Waals surface area (Å²) in [4.78, 5) is 0.988. The molecule has 0 aliphatic heterocycles. The summed E-state index contributed by atoms with van der Waals surface area (Å²) in [6.07, 6.45) is 1.85. The van der Waals surface area contributed by atoms with Crippen molar-refractivity contribution in [3.8, 4) is 10.6 Å². The molecule has 0 saturated heterocycles. The van der Waals surface area contributed by atoms with Crippen molar-refractivity contribution in [3.63, 3.8) is 0 Å². The van der Waals surface area contributed by atoms with Crippen LogP contribution in [0.4, 0.5) is 5.69 Å². The van der Waals surface area contributed by atoms with Crippen LogP contribution in [0.25, 0.3) is 10.6 Å². The molecule has 3 aromatic rings. The van der Waals surface area contributed by atoms with Gasteiger partial charge in [-0.1, -0.05) is 39.7 Å². The largest absolute Gasteiger partial charge is 0.396 e. The fourth-order valence-corrected chi connectivity index (χ4v) is 3.24. The van der Waals surface area contributed by atoms with E-state index in [0.29, 0.717) is 12.2 Å². The molecule has 0 amide bonds. The van der Waals surface area contributed by atoms with Gasteiger partial charge in [-0.15, -0.1) is 11.3 Å². The van der Waals surface area contributed by atoms with Gasteiger partial charge in [-0.2, -0.15) is 5.10 Å². The molecule has 0 spiro atoms. The van der Waals surface area contributed by atoms with Crippen LogP contribution >= 0.6 is 38.9 Å². The van der Waals surface area contributed by atoms with Gasteiger partial charge in [0.2, 0.25) is 0 Å². The van der Waals surface area contributed by atoms with Gasteiger partial charge in [0, 0.05) is 10.7 Å². The zero-order chi connectivity index (χ0) is 14.1. The highest BCUT2D eigenvalue weighted by molar-refractivity contribution is 9.10. The maximum Gasteiger partial charge on any atom is 0.125 e. The minimum Gasteiger partial charge on any atom is -0.396 e. The number of rotatable bonds is 3. The number of hydrogen-bond acceptors (Lipinski definition) is 3. The Morgan fingerprint density at radius 1 is 1.20 bits per heavy atom. The van der Waals surface area contributed by atoms with Gasteiger partial charge in [-0.3, -0.25) is 4.68 Å². The molecule has 3 nitrogen and oxygen atoms in total. The minimum absolute atomic E-state index is 0.667. The Hall–Kier alpha value is -1.30. The van der Waals surface area contributed by atoms with Crippen LogP contribution in [0, 0.1) is 0 Å². The van der Waals surface area contributed by atoms with Gasteiger partial charge in [0.25, 0.3) is 0 Å². The van der Waals surface area contributed by atoms with Crippen molar-refractivity contribution < 1.29 is 0 Å². The predicted octanol–water partition coefficient (Wildman–Crippen LogP) is 4.66. The molecule has 2 aromatic heterocycles. The number of thiophene rings is 1. The van der Waals surface area contributed by atoms with Gasteiger partial charge in [-0.25, -0.2) is 0 Å². The van der Waals surface area contributed by atoms with Crippen molar-refractivity contribution in [2.45, 2.75) is 6.54 Å². The zero-order valence-electron chi connectivity index (χ0n) is 10.4. The smallest absolute Gasteiger partial charge is 0.125 e. The van der Waals surface area contributed by atoms with Crippen LogP contribution in [0.5, 0.6) is 0 Å². The molecule has 0 atom stereocenters. The lowest BCUT2D eigenvalue weighted by Gasteiger charge is -2.01. The normalized spacial score (nSPS) is 10.9. The third-order valence-corrected chi connectivity index (χ3v) is 4.62. The summed E-state index contributed by atoms with van der Waals surface area (Å²) in [6.45, 7) is 0.691. The Balaban J connectivity index is 1.87. The van der Waals surface area contributed by atoms with E-state index in [4.69, 9.17) is 17.3 Å². The van der Waals surface area contributed by atoms with E-state index < -0.39 is 0 Å². The van der Waals surface area contributed by atoms with Crippen molar-refractivity contribution in [2.24, 2.45) is 0 Å². The summed E-state index contributed by atoms with van der Waals surface area (Å²) < 4.78 is 3.65. The number of hydrogen-bond donors (Lipinski definition) is 1. The van der Waals surface area contributed by atoms with Crippen molar-refractivity contribution in [3.05, 3.63) is 57.0 Å². The molecule has 0 aliphatic carbocycles. The number of nitrogen functional groups attached to an aromatic ring is 1. The molecule has 3 rings (SSSR count). The van der Waals surface area contributed by atoms with E-state index in [1.807, 2.05) is 35.1 Å². The van der Waals surface area contributed by atoms with Gasteiger partial charge >= 0.3 is 0 Å². The monoisotopic (exact) mass is 367 g/mol. The SMILES string of the molecule is Nc1cn(Cc2ccc(Br)cc2)nc1-c1ccc(Cl)s1. The van der Waals surface area contributed by atoms with E-state index in [9.17, 15) is 0 Å². The average Bonchev–Trinajstić information content (AvgIpc) is 2.98. The number of nitrogens with two attached hydrogens (primary N) is 1. The van der Waals surface area contributed by atoms with Crippen LogP contribution in [0.15, 0.2) is 47.1 Å². The molecule has 20 heavy (non-hydrogen) atoms. The quantitative estimate of drug-likeness (QED) is 0.731. The first-order chi connectivity index (χ1) is 9.61. The molecule has 0 unspecified atom stereocenters. The van der Waals surface area contributed by atoms with Crippen molar-refractivity contribution in [2.75, 3.05) is 5.73 Å². The average molecular weight is 369 g/mol. The number of anilines is 1. The lowest BCUT2D eigenvalue weighted by Crippen LogP contribution is -2.00. The molecule has 0 bridgehead atoms. The second kappa shape index (κ2) is 5.60. The molecule has 2 N–H and O–H groups in total. The van der Waals surface area contributed by atoms with Crippen LogP contribution in [0.2, 0.25) is 4.34 Å². The third-order valence-electron chi connectivity index (χ3n) is 2.85. The lowest BCUT2D eigenvalue weighted by atomic mass is 10.2. The molecule has 0 saturated carbocycles. The molecule has 6 heteroatoms. The van der Waals surface area contributed by atoms with Crippen molar-refractivity contribution in [1.82, 2.24) is 9.78 Å². The second-order valence-electron chi connectivity index (χ2n) is 4.36. The number of benzene rings is 1. The maximum absolute atomic E-state index is 6.03. The van der Waals surface area contributed by atoms with Gasteiger partial charge in [-0.05, 0) is 29.8 Å². The van der Waals surface area contributed by atoms with E-state index in [1.54, 1.807) is 0 Å². The number of aromatic nitrogens is 2. The summed E-state index contributed by atoms with van der Waals surface area (Å²) in [5.41, 5.74) is 8.66. The Kier molecular flexibility index (Phi) is 3.83. The summed E-state index contributed by atoms with van der Waals surface area (Å²) in [5, 5.41) is 4.54. The first-order valence-electron chi connectivity index (χ1n) is 5.95. The Bertz CT molecular complexity index is 733. The van der Waals surface area contributed by atoms with Crippen molar-refractivity contribution >= 4 is 44.6 Å². The molecular formula is C14H11BrClN3S. The first-order valence-corrected chi connectivity index (χ1v) is 7.93. The standard InChI is InChI=1S/C14H11BrClN3S/c15-10-3-1-9(2-4-10)7-19-8-11(17)14(18-19)12-5-6-13(16)20-12/h1-6,8H,7,17H2. The molecule has 0 fully saturated rings. The summed E-state index contributed by atoms with van der Waals surface area (Å²) in [5.74, 6) is 0. The van der Waals surface area contributed by atoms with Gasteiger partial charge < -0.3 is 5.73 Å². The molecule has 0 aliphatic rings. The van der Waals surface area contributed by atoms with E-state index in [1.165, 1.54) is 16.9 Å². The minimum atomic E-state index is 0.667. The fourth-order valence-electron chi connectivity index (χ4n) is 1.93. The summed E-state index contributed by atoms with van der Waals surface area (Å²) in [6, 6.07) is 11.9. The van der Waals surface area contributed by atoms with Crippen molar-refractivity contribution in [1.29, 1.82) is 0 Å². The number of nitrogens with zero attached hydrogens (tertiary/aromatic N) is 2.